The van der Waals surface area contributed by atoms with E-state index in [0.29, 0.717) is 24.3 Å². The molecule has 0 spiro atoms. The predicted molar refractivity (Wildman–Crippen MR) is 104 cm³/mol. The first kappa shape index (κ1) is 17.7. The van der Waals surface area contributed by atoms with Crippen LogP contribution in [0.15, 0.2) is 54.7 Å². The molecule has 3 aromatic rings. The summed E-state index contributed by atoms with van der Waals surface area (Å²) in [6.45, 7) is 5.22. The summed E-state index contributed by atoms with van der Waals surface area (Å²) in [6.07, 6.45) is 2.14. The monoisotopic (exact) mass is 349 g/mol. The minimum atomic E-state index is -0.109. The normalized spacial score (nSPS) is 10.7. The van der Waals surface area contributed by atoms with Crippen molar-refractivity contribution in [1.29, 1.82) is 0 Å². The second kappa shape index (κ2) is 7.87. The molecule has 0 aliphatic carbocycles. The minimum Gasteiger partial charge on any atom is -0.361 e. The van der Waals surface area contributed by atoms with Crippen LogP contribution < -0.4 is 5.32 Å². The Labute approximate surface area is 153 Å². The van der Waals surface area contributed by atoms with Crippen LogP contribution in [-0.2, 0) is 11.2 Å². The fourth-order valence-electron chi connectivity index (χ4n) is 3.08. The van der Waals surface area contributed by atoms with Gasteiger partial charge in [-0.3, -0.25) is 9.59 Å². The summed E-state index contributed by atoms with van der Waals surface area (Å²) in [5.74, 6) is -0.134. The largest absolute Gasteiger partial charge is 0.361 e. The lowest BCUT2D eigenvalue weighted by atomic mass is 10.1. The Bertz CT molecular complexity index is 926. The van der Waals surface area contributed by atoms with Gasteiger partial charge in [-0.2, -0.15) is 0 Å². The third-order valence-electron chi connectivity index (χ3n) is 4.47. The maximum atomic E-state index is 12.5. The highest BCUT2D eigenvalue weighted by atomic mass is 16.2. The van der Waals surface area contributed by atoms with E-state index in [1.807, 2.05) is 44.3 Å². The molecule has 0 aliphatic rings. The minimum absolute atomic E-state index is 0.0253. The van der Waals surface area contributed by atoms with E-state index in [-0.39, 0.29) is 18.2 Å². The van der Waals surface area contributed by atoms with Gasteiger partial charge in [0.25, 0.3) is 5.91 Å². The van der Waals surface area contributed by atoms with Gasteiger partial charge in [-0.15, -0.1) is 0 Å². The third kappa shape index (κ3) is 3.77. The topological polar surface area (TPSA) is 65.2 Å². The van der Waals surface area contributed by atoms with Gasteiger partial charge in [0.2, 0.25) is 5.91 Å². The number of H-pyrrole nitrogens is 1. The highest BCUT2D eigenvalue weighted by Crippen LogP contribution is 2.19. The lowest BCUT2D eigenvalue weighted by molar-refractivity contribution is -0.115. The fraction of sp³-hybridized carbons (Fsp3) is 0.238. The van der Waals surface area contributed by atoms with Gasteiger partial charge in [0.1, 0.15) is 0 Å². The van der Waals surface area contributed by atoms with E-state index in [2.05, 4.69) is 10.3 Å². The van der Waals surface area contributed by atoms with Crippen molar-refractivity contribution < 1.29 is 9.59 Å². The first-order valence-corrected chi connectivity index (χ1v) is 8.86. The summed E-state index contributed by atoms with van der Waals surface area (Å²) in [5.41, 5.74) is 3.18. The standard InChI is InChI=1S/C21H23N3O2/c1-3-24(4-2)21(26)15-8-7-9-17(12-15)23-20(25)13-16-14-22-19-11-6-5-10-18(16)19/h5-12,14,22H,3-4,13H2,1-2H3,(H,23,25). The van der Waals surface area contributed by atoms with Gasteiger partial charge in [0.15, 0.2) is 0 Å². The zero-order valence-corrected chi connectivity index (χ0v) is 15.1. The van der Waals surface area contributed by atoms with Crippen LogP contribution in [0.2, 0.25) is 0 Å². The predicted octanol–water partition coefficient (Wildman–Crippen LogP) is 3.83. The van der Waals surface area contributed by atoms with Gasteiger partial charge < -0.3 is 15.2 Å². The van der Waals surface area contributed by atoms with Gasteiger partial charge in [0, 0.05) is 41.4 Å². The van der Waals surface area contributed by atoms with E-state index in [4.69, 9.17) is 0 Å². The van der Waals surface area contributed by atoms with Crippen LogP contribution in [0.1, 0.15) is 29.8 Å². The number of benzene rings is 2. The molecule has 5 nitrogen and oxygen atoms in total. The number of carbonyl (C=O) groups excluding carboxylic acids is 2. The Morgan fingerprint density at radius 1 is 1.04 bits per heavy atom. The van der Waals surface area contributed by atoms with Crippen molar-refractivity contribution in [2.24, 2.45) is 0 Å². The molecule has 0 aliphatic heterocycles. The van der Waals surface area contributed by atoms with E-state index in [1.165, 1.54) is 0 Å². The second-order valence-corrected chi connectivity index (χ2v) is 6.14. The maximum Gasteiger partial charge on any atom is 0.253 e. The molecule has 1 heterocycles. The summed E-state index contributed by atoms with van der Waals surface area (Å²) in [6, 6.07) is 15.0. The van der Waals surface area contributed by atoms with E-state index >= 15 is 0 Å². The van der Waals surface area contributed by atoms with Crippen molar-refractivity contribution in [3.8, 4) is 0 Å². The quantitative estimate of drug-likeness (QED) is 0.710. The number of fused-ring (bicyclic) bond motifs is 1. The molecule has 1 aromatic heterocycles. The number of hydrogen-bond donors (Lipinski definition) is 2. The number of carbonyl (C=O) groups is 2. The van der Waals surface area contributed by atoms with Crippen molar-refractivity contribution >= 4 is 28.4 Å². The van der Waals surface area contributed by atoms with Gasteiger partial charge in [-0.05, 0) is 43.7 Å². The summed E-state index contributed by atoms with van der Waals surface area (Å²) >= 11 is 0. The van der Waals surface area contributed by atoms with Crippen LogP contribution in [-0.4, -0.2) is 34.8 Å². The maximum absolute atomic E-state index is 12.5. The first-order chi connectivity index (χ1) is 12.6. The van der Waals surface area contributed by atoms with Crippen molar-refractivity contribution in [3.05, 3.63) is 65.9 Å². The Morgan fingerprint density at radius 3 is 2.58 bits per heavy atom. The van der Waals surface area contributed by atoms with Gasteiger partial charge in [0.05, 0.1) is 6.42 Å². The Morgan fingerprint density at radius 2 is 1.81 bits per heavy atom. The average molecular weight is 349 g/mol. The number of para-hydroxylation sites is 1. The average Bonchev–Trinajstić information content (AvgIpc) is 3.06. The molecule has 2 aromatic carbocycles. The highest BCUT2D eigenvalue weighted by molar-refractivity contribution is 5.98. The summed E-state index contributed by atoms with van der Waals surface area (Å²) in [4.78, 5) is 29.8. The van der Waals surface area contributed by atoms with Crippen LogP contribution in [0.25, 0.3) is 10.9 Å². The molecule has 0 saturated heterocycles. The Balaban J connectivity index is 1.71. The van der Waals surface area contributed by atoms with Crippen LogP contribution in [0.3, 0.4) is 0 Å². The van der Waals surface area contributed by atoms with Crippen LogP contribution in [0.5, 0.6) is 0 Å². The second-order valence-electron chi connectivity index (χ2n) is 6.14. The lowest BCUT2D eigenvalue weighted by Gasteiger charge is -2.19. The van der Waals surface area contributed by atoms with Crippen LogP contribution in [0.4, 0.5) is 5.69 Å². The summed E-state index contributed by atoms with van der Waals surface area (Å²) in [5, 5.41) is 3.94. The SMILES string of the molecule is CCN(CC)C(=O)c1cccc(NC(=O)Cc2c[nH]c3ccccc23)c1. The van der Waals surface area contributed by atoms with Crippen molar-refractivity contribution in [1.82, 2.24) is 9.88 Å². The molecule has 5 heteroatoms. The van der Waals surface area contributed by atoms with Crippen molar-refractivity contribution in [3.63, 3.8) is 0 Å². The first-order valence-electron chi connectivity index (χ1n) is 8.86. The van der Waals surface area contributed by atoms with Crippen molar-refractivity contribution in [2.45, 2.75) is 20.3 Å². The number of hydrogen-bond acceptors (Lipinski definition) is 2. The molecule has 3 rings (SSSR count). The van der Waals surface area contributed by atoms with Crippen LogP contribution in [0, 0.1) is 0 Å². The highest BCUT2D eigenvalue weighted by Gasteiger charge is 2.14. The van der Waals surface area contributed by atoms with Crippen molar-refractivity contribution in [2.75, 3.05) is 18.4 Å². The molecule has 2 N–H and O–H groups in total. The molecule has 2 amide bonds. The van der Waals surface area contributed by atoms with Crippen LogP contribution >= 0.6 is 0 Å². The Kier molecular flexibility index (Phi) is 5.37. The molecule has 0 radical (unpaired) electrons. The zero-order valence-electron chi connectivity index (χ0n) is 15.1. The van der Waals surface area contributed by atoms with E-state index in [1.54, 1.807) is 29.2 Å². The van der Waals surface area contributed by atoms with Gasteiger partial charge in [-0.25, -0.2) is 0 Å². The number of rotatable bonds is 6. The smallest absolute Gasteiger partial charge is 0.253 e. The molecule has 0 bridgehead atoms. The lowest BCUT2D eigenvalue weighted by Crippen LogP contribution is -2.30. The number of amides is 2. The number of nitrogens with one attached hydrogen (secondary N) is 2. The van der Waals surface area contributed by atoms with E-state index in [0.717, 1.165) is 16.5 Å². The van der Waals surface area contributed by atoms with Gasteiger partial charge >= 0.3 is 0 Å². The molecule has 134 valence electrons. The molecule has 0 saturated carbocycles. The third-order valence-corrected chi connectivity index (χ3v) is 4.47. The zero-order chi connectivity index (χ0) is 18.5. The fourth-order valence-corrected chi connectivity index (χ4v) is 3.08. The number of aromatic amines is 1. The molecule has 26 heavy (non-hydrogen) atoms. The van der Waals surface area contributed by atoms with Gasteiger partial charge in [-0.1, -0.05) is 24.3 Å². The molecular weight excluding hydrogens is 326 g/mol. The molecule has 0 fully saturated rings. The number of aromatic nitrogens is 1. The van der Waals surface area contributed by atoms with E-state index < -0.39 is 0 Å². The van der Waals surface area contributed by atoms with E-state index in [9.17, 15) is 9.59 Å². The molecule has 0 unspecified atom stereocenters. The molecule has 0 atom stereocenters. The summed E-state index contributed by atoms with van der Waals surface area (Å²) < 4.78 is 0. The molecular formula is C21H23N3O2. The Hall–Kier alpha value is -3.08. The number of nitrogens with zero attached hydrogens (tertiary/aromatic N) is 1. The summed E-state index contributed by atoms with van der Waals surface area (Å²) in [7, 11) is 0. The number of anilines is 1.